The molecular weight excluding hydrogens is 375 g/mol. The topological polar surface area (TPSA) is 109 Å². The van der Waals surface area contributed by atoms with Gasteiger partial charge in [-0.1, -0.05) is 10.4 Å². The Kier molecular flexibility index (Phi) is 4.44. The molecule has 138 valence electrons. The molecule has 1 aliphatic rings. The summed E-state index contributed by atoms with van der Waals surface area (Å²) in [5.41, 5.74) is 5.01. The van der Waals surface area contributed by atoms with Gasteiger partial charge in [-0.2, -0.15) is 18.2 Å². The van der Waals surface area contributed by atoms with Gasteiger partial charge in [0.25, 0.3) is 5.89 Å². The van der Waals surface area contributed by atoms with Gasteiger partial charge in [-0.3, -0.25) is 0 Å². The Labute approximate surface area is 151 Å². The third kappa shape index (κ3) is 3.15. The number of hydrogen-bond donors (Lipinski definition) is 1. The van der Waals surface area contributed by atoms with Gasteiger partial charge in [0.2, 0.25) is 0 Å². The van der Waals surface area contributed by atoms with E-state index in [0.717, 1.165) is 31.5 Å². The highest BCUT2D eigenvalue weighted by Gasteiger charge is 2.39. The molecule has 1 saturated carbocycles. The van der Waals surface area contributed by atoms with Gasteiger partial charge in [-0.15, -0.1) is 17.5 Å². The number of halogens is 4. The van der Waals surface area contributed by atoms with Crippen molar-refractivity contribution in [3.63, 3.8) is 0 Å². The molecular formula is C14H13ClF3N7O. The van der Waals surface area contributed by atoms with E-state index in [9.17, 15) is 13.2 Å². The lowest BCUT2D eigenvalue weighted by Crippen LogP contribution is -2.44. The van der Waals surface area contributed by atoms with Crippen molar-refractivity contribution in [1.29, 1.82) is 0 Å². The SMILES string of the molecule is Cl.NC1(c2noc(-c3cn(-c4ccc(C(F)(F)F)cn4)nn3)n2)CCC1. The van der Waals surface area contributed by atoms with E-state index in [1.54, 1.807) is 0 Å². The number of pyridine rings is 1. The normalized spacial score (nSPS) is 16.0. The van der Waals surface area contributed by atoms with Crippen molar-refractivity contribution in [2.75, 3.05) is 0 Å². The molecule has 0 saturated heterocycles. The molecule has 1 fully saturated rings. The Morgan fingerprint density at radius 2 is 2.00 bits per heavy atom. The van der Waals surface area contributed by atoms with Gasteiger partial charge in [-0.05, 0) is 31.4 Å². The van der Waals surface area contributed by atoms with Crippen molar-refractivity contribution in [1.82, 2.24) is 30.1 Å². The molecule has 4 rings (SSSR count). The molecule has 3 aromatic heterocycles. The van der Waals surface area contributed by atoms with Gasteiger partial charge in [0.05, 0.1) is 17.3 Å². The summed E-state index contributed by atoms with van der Waals surface area (Å²) in [6.45, 7) is 0. The smallest absolute Gasteiger partial charge is 0.332 e. The summed E-state index contributed by atoms with van der Waals surface area (Å²) >= 11 is 0. The lowest BCUT2D eigenvalue weighted by molar-refractivity contribution is -0.137. The molecule has 0 bridgehead atoms. The third-order valence-electron chi connectivity index (χ3n) is 4.14. The number of rotatable bonds is 3. The van der Waals surface area contributed by atoms with Crippen LogP contribution in [0.15, 0.2) is 29.0 Å². The van der Waals surface area contributed by atoms with E-state index in [-0.39, 0.29) is 29.8 Å². The monoisotopic (exact) mass is 387 g/mol. The highest BCUT2D eigenvalue weighted by atomic mass is 35.5. The predicted molar refractivity (Wildman–Crippen MR) is 84.4 cm³/mol. The van der Waals surface area contributed by atoms with Crippen molar-refractivity contribution in [3.8, 4) is 17.4 Å². The van der Waals surface area contributed by atoms with Crippen LogP contribution in [-0.2, 0) is 11.7 Å². The highest BCUT2D eigenvalue weighted by Crippen LogP contribution is 2.37. The van der Waals surface area contributed by atoms with Crippen LogP contribution < -0.4 is 5.73 Å². The zero-order chi connectivity index (χ0) is 17.7. The molecule has 3 aromatic rings. The predicted octanol–water partition coefficient (Wildman–Crippen LogP) is 2.49. The fourth-order valence-electron chi connectivity index (χ4n) is 2.47. The summed E-state index contributed by atoms with van der Waals surface area (Å²) in [6, 6.07) is 2.12. The number of hydrogen-bond acceptors (Lipinski definition) is 7. The molecule has 2 N–H and O–H groups in total. The van der Waals surface area contributed by atoms with E-state index in [4.69, 9.17) is 10.3 Å². The van der Waals surface area contributed by atoms with Crippen molar-refractivity contribution >= 4 is 12.4 Å². The lowest BCUT2D eigenvalue weighted by Gasteiger charge is -2.34. The maximum Gasteiger partial charge on any atom is 0.417 e. The summed E-state index contributed by atoms with van der Waals surface area (Å²) in [5, 5.41) is 11.6. The average Bonchev–Trinajstić information content (AvgIpc) is 3.21. The molecule has 3 heterocycles. The van der Waals surface area contributed by atoms with Crippen LogP contribution in [-0.4, -0.2) is 30.1 Å². The van der Waals surface area contributed by atoms with Gasteiger partial charge in [-0.25, -0.2) is 9.67 Å². The van der Waals surface area contributed by atoms with Crippen LogP contribution in [0.5, 0.6) is 0 Å². The quantitative estimate of drug-likeness (QED) is 0.735. The lowest BCUT2D eigenvalue weighted by atomic mass is 9.77. The van der Waals surface area contributed by atoms with Gasteiger partial charge in [0.15, 0.2) is 17.3 Å². The van der Waals surface area contributed by atoms with E-state index in [1.807, 2.05) is 0 Å². The minimum atomic E-state index is -4.45. The Hall–Kier alpha value is -2.53. The molecule has 12 heteroatoms. The molecule has 0 aliphatic heterocycles. The van der Waals surface area contributed by atoms with Crippen LogP contribution in [0.4, 0.5) is 13.2 Å². The molecule has 26 heavy (non-hydrogen) atoms. The Morgan fingerprint density at radius 1 is 1.23 bits per heavy atom. The third-order valence-corrected chi connectivity index (χ3v) is 4.14. The molecule has 0 spiro atoms. The average molecular weight is 388 g/mol. The Bertz CT molecular complexity index is 902. The molecule has 8 nitrogen and oxygen atoms in total. The maximum atomic E-state index is 12.6. The summed E-state index contributed by atoms with van der Waals surface area (Å²) in [4.78, 5) is 7.98. The zero-order valence-electron chi connectivity index (χ0n) is 13.1. The standard InChI is InChI=1S/C14H12F3N7O.ClH/c15-14(16,17)8-2-3-10(19-6-8)24-7-9(21-23-24)11-20-12(22-25-11)13(18)4-1-5-13;/h2-3,6-7H,1,4-5,18H2;1H. The van der Waals surface area contributed by atoms with E-state index in [0.29, 0.717) is 5.82 Å². The minimum absolute atomic E-state index is 0. The van der Waals surface area contributed by atoms with Gasteiger partial charge >= 0.3 is 6.18 Å². The van der Waals surface area contributed by atoms with E-state index >= 15 is 0 Å². The van der Waals surface area contributed by atoms with E-state index < -0.39 is 17.3 Å². The van der Waals surface area contributed by atoms with Crippen LogP contribution in [0.1, 0.15) is 30.7 Å². The first-order valence-electron chi connectivity index (χ1n) is 7.45. The Morgan fingerprint density at radius 3 is 2.58 bits per heavy atom. The largest absolute Gasteiger partial charge is 0.417 e. The van der Waals surface area contributed by atoms with Crippen molar-refractivity contribution < 1.29 is 17.7 Å². The van der Waals surface area contributed by atoms with Crippen molar-refractivity contribution in [2.45, 2.75) is 31.0 Å². The summed E-state index contributed by atoms with van der Waals surface area (Å²) in [6.07, 6.45) is 0.310. The van der Waals surface area contributed by atoms with Crippen LogP contribution in [0.2, 0.25) is 0 Å². The van der Waals surface area contributed by atoms with Gasteiger partial charge < -0.3 is 10.3 Å². The highest BCUT2D eigenvalue weighted by molar-refractivity contribution is 5.85. The molecule has 0 radical (unpaired) electrons. The molecule has 0 amide bonds. The first kappa shape index (κ1) is 18.3. The summed E-state index contributed by atoms with van der Waals surface area (Å²) < 4.78 is 44.1. The Balaban J connectivity index is 0.00000196. The van der Waals surface area contributed by atoms with E-state index in [2.05, 4.69) is 25.4 Å². The second-order valence-electron chi connectivity index (χ2n) is 5.88. The number of aromatic nitrogens is 6. The van der Waals surface area contributed by atoms with Crippen LogP contribution in [0.3, 0.4) is 0 Å². The molecule has 0 unspecified atom stereocenters. The summed E-state index contributed by atoms with van der Waals surface area (Å²) in [7, 11) is 0. The second kappa shape index (κ2) is 6.32. The fourth-order valence-corrected chi connectivity index (χ4v) is 2.47. The first-order valence-corrected chi connectivity index (χ1v) is 7.45. The maximum absolute atomic E-state index is 12.6. The van der Waals surface area contributed by atoms with Crippen LogP contribution in [0, 0.1) is 0 Å². The van der Waals surface area contributed by atoms with Crippen molar-refractivity contribution in [2.24, 2.45) is 5.73 Å². The molecule has 1 aliphatic carbocycles. The first-order chi connectivity index (χ1) is 11.9. The molecule has 0 aromatic carbocycles. The fraction of sp³-hybridized carbons (Fsp3) is 0.357. The van der Waals surface area contributed by atoms with Crippen LogP contribution >= 0.6 is 12.4 Å². The minimum Gasteiger partial charge on any atom is -0.332 e. The number of nitrogens with zero attached hydrogens (tertiary/aromatic N) is 6. The zero-order valence-corrected chi connectivity index (χ0v) is 14.0. The summed E-state index contributed by atoms with van der Waals surface area (Å²) in [5.74, 6) is 0.738. The van der Waals surface area contributed by atoms with Crippen LogP contribution in [0.25, 0.3) is 17.4 Å². The van der Waals surface area contributed by atoms with Gasteiger partial charge in [0, 0.05) is 6.20 Å². The molecule has 0 atom stereocenters. The number of alkyl halides is 3. The van der Waals surface area contributed by atoms with E-state index in [1.165, 1.54) is 16.9 Å². The van der Waals surface area contributed by atoms with Gasteiger partial charge in [0.1, 0.15) is 0 Å². The number of nitrogens with two attached hydrogens (primary N) is 1. The second-order valence-corrected chi connectivity index (χ2v) is 5.88. The van der Waals surface area contributed by atoms with Crippen molar-refractivity contribution in [3.05, 3.63) is 35.9 Å².